The van der Waals surface area contributed by atoms with Gasteiger partial charge in [-0.1, -0.05) is 13.8 Å². The lowest BCUT2D eigenvalue weighted by atomic mass is 10.1. The van der Waals surface area contributed by atoms with Crippen molar-refractivity contribution in [1.29, 1.82) is 0 Å². The van der Waals surface area contributed by atoms with Crippen molar-refractivity contribution in [3.63, 3.8) is 0 Å². The average Bonchev–Trinajstić information content (AvgIpc) is 2.82. The molecule has 0 radical (unpaired) electrons. The maximum Gasteiger partial charge on any atom is 0.146 e. The molecule has 0 saturated carbocycles. The second-order valence-corrected chi connectivity index (χ2v) is 6.21. The second-order valence-electron chi connectivity index (χ2n) is 6.21. The molecule has 1 fully saturated rings. The molecule has 0 aliphatic carbocycles. The summed E-state index contributed by atoms with van der Waals surface area (Å²) in [6, 6.07) is 2.61. The van der Waals surface area contributed by atoms with Gasteiger partial charge in [-0.25, -0.2) is 8.78 Å². The summed E-state index contributed by atoms with van der Waals surface area (Å²) in [5.41, 5.74) is 0.764. The molecule has 1 unspecified atom stereocenters. The molecule has 1 aromatic carbocycles. The molecule has 2 nitrogen and oxygen atoms in total. The van der Waals surface area contributed by atoms with Gasteiger partial charge in [0.15, 0.2) is 0 Å². The van der Waals surface area contributed by atoms with E-state index in [4.69, 9.17) is 0 Å². The Morgan fingerprint density at radius 1 is 1.30 bits per heavy atom. The Morgan fingerprint density at radius 3 is 2.75 bits per heavy atom. The second kappa shape index (κ2) is 6.53. The topological polar surface area (TPSA) is 15.3 Å². The standard InChI is InChI=1S/C16H24F2N2/c1-11(2)8-19-9-13-4-5-20(10-13)16-7-14(17)12(3)6-15(16)18/h6-7,11,13,19H,4-5,8-10H2,1-3H3. The molecule has 1 aliphatic rings. The van der Waals surface area contributed by atoms with Crippen LogP contribution in [0.3, 0.4) is 0 Å². The van der Waals surface area contributed by atoms with Crippen LogP contribution in [0.15, 0.2) is 12.1 Å². The molecule has 112 valence electrons. The molecule has 1 heterocycles. The van der Waals surface area contributed by atoms with Crippen molar-refractivity contribution >= 4 is 5.69 Å². The quantitative estimate of drug-likeness (QED) is 0.891. The van der Waals surface area contributed by atoms with Crippen LogP contribution in [0.5, 0.6) is 0 Å². The van der Waals surface area contributed by atoms with Gasteiger partial charge in [0, 0.05) is 19.2 Å². The Hall–Kier alpha value is -1.16. The van der Waals surface area contributed by atoms with Gasteiger partial charge < -0.3 is 10.2 Å². The Morgan fingerprint density at radius 2 is 2.05 bits per heavy atom. The summed E-state index contributed by atoms with van der Waals surface area (Å²) >= 11 is 0. The zero-order chi connectivity index (χ0) is 14.7. The summed E-state index contributed by atoms with van der Waals surface area (Å²) in [7, 11) is 0. The zero-order valence-corrected chi connectivity index (χ0v) is 12.5. The average molecular weight is 282 g/mol. The van der Waals surface area contributed by atoms with Crippen molar-refractivity contribution in [2.45, 2.75) is 27.2 Å². The minimum Gasteiger partial charge on any atom is -0.369 e. The fourth-order valence-corrected chi connectivity index (χ4v) is 2.67. The molecule has 0 bridgehead atoms. The van der Waals surface area contributed by atoms with E-state index in [0.717, 1.165) is 32.6 Å². The SMILES string of the molecule is Cc1cc(F)c(N2CCC(CNCC(C)C)C2)cc1F. The van der Waals surface area contributed by atoms with Gasteiger partial charge in [-0.05, 0) is 49.9 Å². The van der Waals surface area contributed by atoms with E-state index in [9.17, 15) is 8.78 Å². The Balaban J connectivity index is 1.94. The number of nitrogens with one attached hydrogen (secondary N) is 1. The molecule has 1 aliphatic heterocycles. The van der Waals surface area contributed by atoms with E-state index in [-0.39, 0.29) is 11.6 Å². The number of aryl methyl sites for hydroxylation is 1. The van der Waals surface area contributed by atoms with Gasteiger partial charge >= 0.3 is 0 Å². The van der Waals surface area contributed by atoms with Crippen LogP contribution >= 0.6 is 0 Å². The number of hydrogen-bond donors (Lipinski definition) is 1. The van der Waals surface area contributed by atoms with Crippen LogP contribution in [0.4, 0.5) is 14.5 Å². The molecule has 0 aromatic heterocycles. The van der Waals surface area contributed by atoms with Crippen molar-refractivity contribution in [2.24, 2.45) is 11.8 Å². The number of anilines is 1. The van der Waals surface area contributed by atoms with Crippen molar-refractivity contribution in [3.05, 3.63) is 29.3 Å². The third-order valence-electron chi connectivity index (χ3n) is 3.84. The summed E-state index contributed by atoms with van der Waals surface area (Å²) in [6.07, 6.45) is 1.03. The molecule has 1 atom stereocenters. The van der Waals surface area contributed by atoms with Gasteiger partial charge in [-0.3, -0.25) is 0 Å². The summed E-state index contributed by atoms with van der Waals surface area (Å²) in [4.78, 5) is 1.96. The largest absolute Gasteiger partial charge is 0.369 e. The molecule has 1 N–H and O–H groups in total. The molecule has 1 aromatic rings. The summed E-state index contributed by atoms with van der Waals surface area (Å²) < 4.78 is 27.5. The summed E-state index contributed by atoms with van der Waals surface area (Å²) in [5.74, 6) is 0.496. The van der Waals surface area contributed by atoms with Crippen LogP contribution < -0.4 is 10.2 Å². The highest BCUT2D eigenvalue weighted by atomic mass is 19.1. The van der Waals surface area contributed by atoms with Crippen LogP contribution in [0, 0.1) is 30.4 Å². The molecular formula is C16H24F2N2. The van der Waals surface area contributed by atoms with E-state index in [1.165, 1.54) is 12.1 Å². The fourth-order valence-electron chi connectivity index (χ4n) is 2.67. The molecule has 1 saturated heterocycles. The first kappa shape index (κ1) is 15.2. The Bertz CT molecular complexity index is 460. The first-order valence-electron chi connectivity index (χ1n) is 7.38. The van der Waals surface area contributed by atoms with Gasteiger partial charge in [0.1, 0.15) is 11.6 Å². The lowest BCUT2D eigenvalue weighted by Crippen LogP contribution is -2.29. The van der Waals surface area contributed by atoms with Crippen molar-refractivity contribution in [1.82, 2.24) is 5.32 Å². The van der Waals surface area contributed by atoms with E-state index in [2.05, 4.69) is 19.2 Å². The maximum atomic E-state index is 13.9. The number of hydrogen-bond acceptors (Lipinski definition) is 2. The van der Waals surface area contributed by atoms with Crippen molar-refractivity contribution in [3.8, 4) is 0 Å². The van der Waals surface area contributed by atoms with E-state index in [0.29, 0.717) is 23.1 Å². The van der Waals surface area contributed by atoms with Gasteiger partial charge in [0.2, 0.25) is 0 Å². The van der Waals surface area contributed by atoms with Crippen molar-refractivity contribution in [2.75, 3.05) is 31.1 Å². The first-order valence-corrected chi connectivity index (χ1v) is 7.38. The zero-order valence-electron chi connectivity index (χ0n) is 12.5. The molecule has 20 heavy (non-hydrogen) atoms. The molecule has 4 heteroatoms. The Kier molecular flexibility index (Phi) is 4.97. The summed E-state index contributed by atoms with van der Waals surface area (Å²) in [6.45, 7) is 9.49. The van der Waals surface area contributed by atoms with E-state index >= 15 is 0 Å². The van der Waals surface area contributed by atoms with Crippen LogP contribution in [0.1, 0.15) is 25.8 Å². The van der Waals surface area contributed by atoms with Crippen molar-refractivity contribution < 1.29 is 8.78 Å². The number of benzene rings is 1. The number of nitrogens with zero attached hydrogens (tertiary/aromatic N) is 1. The maximum absolute atomic E-state index is 13.9. The highest BCUT2D eigenvalue weighted by Gasteiger charge is 2.25. The predicted molar refractivity (Wildman–Crippen MR) is 79.1 cm³/mol. The normalized spacial score (nSPS) is 19.1. The van der Waals surface area contributed by atoms with E-state index in [1.807, 2.05) is 4.90 Å². The molecule has 0 amide bonds. The molecule has 2 rings (SSSR count). The Labute approximate surface area is 120 Å². The van der Waals surface area contributed by atoms with Crippen LogP contribution in [-0.4, -0.2) is 26.2 Å². The molecule has 0 spiro atoms. The smallest absolute Gasteiger partial charge is 0.146 e. The predicted octanol–water partition coefficient (Wildman–Crippen LogP) is 3.35. The first-order chi connectivity index (χ1) is 9.47. The lowest BCUT2D eigenvalue weighted by Gasteiger charge is -2.20. The van der Waals surface area contributed by atoms with Gasteiger partial charge in [-0.2, -0.15) is 0 Å². The third-order valence-corrected chi connectivity index (χ3v) is 3.84. The van der Waals surface area contributed by atoms with Crippen LogP contribution in [0.25, 0.3) is 0 Å². The van der Waals surface area contributed by atoms with E-state index in [1.54, 1.807) is 6.92 Å². The minimum atomic E-state index is -0.331. The van der Waals surface area contributed by atoms with Gasteiger partial charge in [0.05, 0.1) is 5.69 Å². The fraction of sp³-hybridized carbons (Fsp3) is 0.625. The third kappa shape index (κ3) is 3.69. The monoisotopic (exact) mass is 282 g/mol. The minimum absolute atomic E-state index is 0.320. The van der Waals surface area contributed by atoms with Gasteiger partial charge in [0.25, 0.3) is 0 Å². The summed E-state index contributed by atoms with van der Waals surface area (Å²) in [5, 5.41) is 3.44. The van der Waals surface area contributed by atoms with E-state index < -0.39 is 0 Å². The number of halogens is 2. The lowest BCUT2D eigenvalue weighted by molar-refractivity contribution is 0.477. The van der Waals surface area contributed by atoms with Crippen LogP contribution in [0.2, 0.25) is 0 Å². The number of rotatable bonds is 5. The van der Waals surface area contributed by atoms with Gasteiger partial charge in [-0.15, -0.1) is 0 Å². The highest BCUT2D eigenvalue weighted by molar-refractivity contribution is 5.50. The highest BCUT2D eigenvalue weighted by Crippen LogP contribution is 2.28. The molecular weight excluding hydrogens is 258 g/mol. The van der Waals surface area contributed by atoms with Crippen LogP contribution in [-0.2, 0) is 0 Å².